The molecule has 1 aromatic carbocycles. The van der Waals surface area contributed by atoms with Gasteiger partial charge in [-0.15, -0.1) is 0 Å². The minimum absolute atomic E-state index is 0.167. The van der Waals surface area contributed by atoms with Gasteiger partial charge in [-0.2, -0.15) is 0 Å². The summed E-state index contributed by atoms with van der Waals surface area (Å²) in [6.45, 7) is 8.33. The molecule has 1 aliphatic heterocycles. The lowest BCUT2D eigenvalue weighted by Crippen LogP contribution is -2.48. The van der Waals surface area contributed by atoms with Gasteiger partial charge in [-0.05, 0) is 31.0 Å². The van der Waals surface area contributed by atoms with E-state index in [0.717, 1.165) is 32.6 Å². The van der Waals surface area contributed by atoms with Crippen LogP contribution < -0.4 is 5.32 Å². The van der Waals surface area contributed by atoms with Gasteiger partial charge in [0.2, 0.25) is 5.89 Å². The molecule has 0 bridgehead atoms. The molecule has 1 aromatic heterocycles. The van der Waals surface area contributed by atoms with Gasteiger partial charge in [-0.3, -0.25) is 14.6 Å². The van der Waals surface area contributed by atoms with Gasteiger partial charge in [0, 0.05) is 38.4 Å². The van der Waals surface area contributed by atoms with Gasteiger partial charge in [-0.25, -0.2) is 9.37 Å². The van der Waals surface area contributed by atoms with Crippen LogP contribution in [0, 0.1) is 12.7 Å². The SMILES string of the molecule is CC[C@@H](O)CN1CCN(Cc2nc(C(=O)Nc3ccc(C)c(F)c3)co2)CC1. The van der Waals surface area contributed by atoms with Crippen LogP contribution in [0.5, 0.6) is 0 Å². The average molecular weight is 390 g/mol. The number of β-amino-alcohol motifs (C(OH)–C–C–N with tert-alkyl or cyclic N) is 1. The average Bonchev–Trinajstić information content (AvgIpc) is 3.15. The normalized spacial score (nSPS) is 16.9. The van der Waals surface area contributed by atoms with Gasteiger partial charge in [0.15, 0.2) is 5.69 Å². The molecule has 2 N–H and O–H groups in total. The molecule has 1 aliphatic rings. The Morgan fingerprint density at radius 3 is 2.71 bits per heavy atom. The number of aliphatic hydroxyl groups excluding tert-OH is 1. The number of carbonyl (C=O) groups is 1. The third-order valence-electron chi connectivity index (χ3n) is 4.98. The van der Waals surface area contributed by atoms with Crippen LogP contribution >= 0.6 is 0 Å². The van der Waals surface area contributed by atoms with E-state index >= 15 is 0 Å². The summed E-state index contributed by atoms with van der Waals surface area (Å²) >= 11 is 0. The number of nitrogens with one attached hydrogen (secondary N) is 1. The van der Waals surface area contributed by atoms with Gasteiger partial charge >= 0.3 is 0 Å². The maximum Gasteiger partial charge on any atom is 0.277 e. The van der Waals surface area contributed by atoms with E-state index in [1.54, 1.807) is 19.1 Å². The number of hydrogen-bond acceptors (Lipinski definition) is 6. The molecule has 0 aliphatic carbocycles. The van der Waals surface area contributed by atoms with E-state index in [0.29, 0.717) is 30.2 Å². The van der Waals surface area contributed by atoms with E-state index in [1.165, 1.54) is 12.3 Å². The fourth-order valence-corrected chi connectivity index (χ4v) is 3.10. The predicted octanol–water partition coefficient (Wildman–Crippen LogP) is 2.26. The maximum absolute atomic E-state index is 13.6. The molecular weight excluding hydrogens is 363 g/mol. The Kier molecular flexibility index (Phi) is 6.77. The minimum Gasteiger partial charge on any atom is -0.447 e. The lowest BCUT2D eigenvalue weighted by atomic mass is 10.2. The van der Waals surface area contributed by atoms with E-state index in [2.05, 4.69) is 20.1 Å². The summed E-state index contributed by atoms with van der Waals surface area (Å²) in [5, 5.41) is 12.4. The van der Waals surface area contributed by atoms with Crippen molar-refractivity contribution in [3.05, 3.63) is 47.4 Å². The minimum atomic E-state index is -0.434. The first-order chi connectivity index (χ1) is 13.4. The zero-order valence-electron chi connectivity index (χ0n) is 16.3. The summed E-state index contributed by atoms with van der Waals surface area (Å²) < 4.78 is 19.0. The zero-order chi connectivity index (χ0) is 20.1. The Bertz CT molecular complexity index is 802. The van der Waals surface area contributed by atoms with Crippen LogP contribution in [-0.2, 0) is 6.54 Å². The van der Waals surface area contributed by atoms with Crippen molar-refractivity contribution in [1.29, 1.82) is 0 Å². The van der Waals surface area contributed by atoms with Crippen molar-refractivity contribution in [2.24, 2.45) is 0 Å². The number of anilines is 1. The topological polar surface area (TPSA) is 81.8 Å². The molecule has 1 amide bonds. The first-order valence-electron chi connectivity index (χ1n) is 9.59. The number of nitrogens with zero attached hydrogens (tertiary/aromatic N) is 3. The molecule has 1 fully saturated rings. The number of piperazine rings is 1. The second-order valence-corrected chi connectivity index (χ2v) is 7.18. The molecule has 2 heterocycles. The molecule has 0 unspecified atom stereocenters. The van der Waals surface area contributed by atoms with Crippen LogP contribution in [0.15, 0.2) is 28.9 Å². The number of carbonyl (C=O) groups excluding carboxylic acids is 1. The number of aryl methyl sites for hydroxylation is 1. The van der Waals surface area contributed by atoms with E-state index < -0.39 is 5.91 Å². The summed E-state index contributed by atoms with van der Waals surface area (Å²) in [6, 6.07) is 4.54. The number of aromatic nitrogens is 1. The van der Waals surface area contributed by atoms with Crippen molar-refractivity contribution >= 4 is 11.6 Å². The molecule has 8 heteroatoms. The molecule has 7 nitrogen and oxygen atoms in total. The Labute approximate surface area is 164 Å². The number of benzene rings is 1. The molecule has 1 saturated heterocycles. The van der Waals surface area contributed by atoms with Crippen LogP contribution in [0.3, 0.4) is 0 Å². The van der Waals surface area contributed by atoms with E-state index in [1.807, 2.05) is 6.92 Å². The molecule has 0 radical (unpaired) electrons. The van der Waals surface area contributed by atoms with Crippen molar-refractivity contribution in [1.82, 2.24) is 14.8 Å². The smallest absolute Gasteiger partial charge is 0.277 e. The van der Waals surface area contributed by atoms with Crippen molar-refractivity contribution in [3.8, 4) is 0 Å². The van der Waals surface area contributed by atoms with Crippen LogP contribution in [0.1, 0.15) is 35.3 Å². The molecule has 28 heavy (non-hydrogen) atoms. The van der Waals surface area contributed by atoms with Crippen LogP contribution in [-0.4, -0.2) is 64.6 Å². The van der Waals surface area contributed by atoms with Crippen LogP contribution in [0.2, 0.25) is 0 Å². The van der Waals surface area contributed by atoms with Gasteiger partial charge in [0.1, 0.15) is 12.1 Å². The number of oxazole rings is 1. The van der Waals surface area contributed by atoms with Crippen LogP contribution in [0.25, 0.3) is 0 Å². The highest BCUT2D eigenvalue weighted by Gasteiger charge is 2.21. The molecule has 0 spiro atoms. The lowest BCUT2D eigenvalue weighted by molar-refractivity contribution is 0.0658. The predicted molar refractivity (Wildman–Crippen MR) is 104 cm³/mol. The zero-order valence-corrected chi connectivity index (χ0v) is 16.3. The van der Waals surface area contributed by atoms with Crippen molar-refractivity contribution in [3.63, 3.8) is 0 Å². The fourth-order valence-electron chi connectivity index (χ4n) is 3.10. The maximum atomic E-state index is 13.6. The lowest BCUT2D eigenvalue weighted by Gasteiger charge is -2.34. The van der Waals surface area contributed by atoms with Crippen molar-refractivity contribution in [2.75, 3.05) is 38.0 Å². The quantitative estimate of drug-likeness (QED) is 0.755. The van der Waals surface area contributed by atoms with Gasteiger partial charge in [0.25, 0.3) is 5.91 Å². The summed E-state index contributed by atoms with van der Waals surface area (Å²) in [6.07, 6.45) is 1.81. The number of amides is 1. The number of halogens is 1. The number of rotatable bonds is 7. The van der Waals surface area contributed by atoms with Gasteiger partial charge in [0.05, 0.1) is 12.6 Å². The standard InChI is InChI=1S/C20H27FN4O3/c1-3-16(26)11-24-6-8-25(9-7-24)12-19-23-18(13-28-19)20(27)22-15-5-4-14(2)17(21)10-15/h4-5,10,13,16,26H,3,6-9,11-12H2,1-2H3,(H,22,27)/t16-/m1/s1. The highest BCUT2D eigenvalue weighted by atomic mass is 19.1. The Hall–Kier alpha value is -2.29. The number of hydrogen-bond donors (Lipinski definition) is 2. The Morgan fingerprint density at radius 1 is 1.32 bits per heavy atom. The van der Waals surface area contributed by atoms with Gasteiger partial charge < -0.3 is 14.8 Å². The summed E-state index contributed by atoms with van der Waals surface area (Å²) in [4.78, 5) is 21.0. The largest absolute Gasteiger partial charge is 0.447 e. The third-order valence-corrected chi connectivity index (χ3v) is 4.98. The molecule has 3 rings (SSSR count). The molecule has 1 atom stereocenters. The summed E-state index contributed by atoms with van der Waals surface area (Å²) in [5.41, 5.74) is 1.06. The third kappa shape index (κ3) is 5.37. The van der Waals surface area contributed by atoms with Gasteiger partial charge in [-0.1, -0.05) is 13.0 Å². The van der Waals surface area contributed by atoms with Crippen LogP contribution in [0.4, 0.5) is 10.1 Å². The van der Waals surface area contributed by atoms with E-state index in [9.17, 15) is 14.3 Å². The fraction of sp³-hybridized carbons (Fsp3) is 0.500. The second kappa shape index (κ2) is 9.27. The first-order valence-corrected chi connectivity index (χ1v) is 9.59. The van der Waals surface area contributed by atoms with E-state index in [4.69, 9.17) is 4.42 Å². The molecular formula is C20H27FN4O3. The highest BCUT2D eigenvalue weighted by Crippen LogP contribution is 2.15. The second-order valence-electron chi connectivity index (χ2n) is 7.18. The molecule has 152 valence electrons. The van der Waals surface area contributed by atoms with Crippen molar-refractivity contribution in [2.45, 2.75) is 32.9 Å². The molecule has 2 aromatic rings. The highest BCUT2D eigenvalue weighted by molar-refractivity contribution is 6.02. The summed E-state index contributed by atoms with van der Waals surface area (Å²) in [7, 11) is 0. The Morgan fingerprint density at radius 2 is 2.04 bits per heavy atom. The molecule has 0 saturated carbocycles. The van der Waals surface area contributed by atoms with E-state index in [-0.39, 0.29) is 17.6 Å². The monoisotopic (exact) mass is 390 g/mol. The van der Waals surface area contributed by atoms with Crippen molar-refractivity contribution < 1.29 is 18.7 Å². The first kappa shape index (κ1) is 20.4. The summed E-state index contributed by atoms with van der Waals surface area (Å²) in [5.74, 6) is -0.330. The number of aliphatic hydroxyl groups is 1. The Balaban J connectivity index is 1.50.